The number of rotatable bonds is 7. The molecule has 0 amide bonds. The molecular weight excluding hydrogens is 430 g/mol. The number of hydrogen-bond acceptors (Lipinski definition) is 5. The molecule has 0 bridgehead atoms. The van der Waals surface area contributed by atoms with Gasteiger partial charge in [0.15, 0.2) is 5.76 Å². The van der Waals surface area contributed by atoms with Gasteiger partial charge in [0.2, 0.25) is 8.32 Å². The Balaban J connectivity index is 1.73. The van der Waals surface area contributed by atoms with Gasteiger partial charge in [-0.3, -0.25) is 4.79 Å². The topological polar surface area (TPSA) is 61.6 Å². The molecule has 1 fully saturated rings. The van der Waals surface area contributed by atoms with Crippen LogP contribution < -0.4 is 4.43 Å². The van der Waals surface area contributed by atoms with Gasteiger partial charge in [0.05, 0.1) is 12.2 Å². The van der Waals surface area contributed by atoms with E-state index in [4.69, 9.17) is 13.7 Å². The summed E-state index contributed by atoms with van der Waals surface area (Å²) in [7, 11) is -1.92. The monoisotopic (exact) mass is 463 g/mol. The third-order valence-electron chi connectivity index (χ3n) is 6.91. The fraction of sp³-hybridized carbons (Fsp3) is 0.407. The lowest BCUT2D eigenvalue weighted by Crippen LogP contribution is -2.43. The molecule has 3 aromatic rings. The van der Waals surface area contributed by atoms with E-state index in [0.29, 0.717) is 25.2 Å². The van der Waals surface area contributed by atoms with Crippen molar-refractivity contribution >= 4 is 14.3 Å². The molecule has 174 valence electrons. The summed E-state index contributed by atoms with van der Waals surface area (Å²) in [6.07, 6.45) is 1.42. The summed E-state index contributed by atoms with van der Waals surface area (Å²) in [5, 5.41) is 4.56. The molecule has 4 rings (SSSR count). The van der Waals surface area contributed by atoms with Gasteiger partial charge in [-0.15, -0.1) is 0 Å². The number of nitrogens with zero attached hydrogens (tertiary/aromatic N) is 1. The normalized spacial score (nSPS) is 15.2. The fourth-order valence-electron chi connectivity index (χ4n) is 3.73. The average Bonchev–Trinajstić information content (AvgIpc) is 3.46. The summed E-state index contributed by atoms with van der Waals surface area (Å²) < 4.78 is 17.7. The second-order valence-electron chi connectivity index (χ2n) is 10.3. The summed E-state index contributed by atoms with van der Waals surface area (Å²) in [5.74, 6) is 1.23. The molecule has 0 aliphatic heterocycles. The van der Waals surface area contributed by atoms with Crippen molar-refractivity contribution in [2.45, 2.75) is 64.1 Å². The number of esters is 1. The van der Waals surface area contributed by atoms with Gasteiger partial charge in [-0.05, 0) is 67.7 Å². The molecule has 1 aliphatic carbocycles. The van der Waals surface area contributed by atoms with Gasteiger partial charge < -0.3 is 13.7 Å². The Kier molecular flexibility index (Phi) is 5.99. The van der Waals surface area contributed by atoms with Crippen LogP contribution in [-0.2, 0) is 14.9 Å². The van der Waals surface area contributed by atoms with E-state index < -0.39 is 13.7 Å². The Morgan fingerprint density at radius 2 is 1.67 bits per heavy atom. The molecule has 0 saturated heterocycles. The molecule has 0 radical (unpaired) electrons. The Morgan fingerprint density at radius 3 is 2.21 bits per heavy atom. The predicted molar refractivity (Wildman–Crippen MR) is 133 cm³/mol. The van der Waals surface area contributed by atoms with Gasteiger partial charge in [0, 0.05) is 5.56 Å². The quantitative estimate of drug-likeness (QED) is 0.279. The summed E-state index contributed by atoms with van der Waals surface area (Å²) >= 11 is 0. The Hall–Kier alpha value is -2.86. The van der Waals surface area contributed by atoms with Crippen LogP contribution in [0.5, 0.6) is 5.75 Å². The third-order valence-corrected chi connectivity index (χ3v) is 11.3. The molecule has 1 saturated carbocycles. The largest absolute Gasteiger partial charge is 0.544 e. The first-order valence-electron chi connectivity index (χ1n) is 11.6. The van der Waals surface area contributed by atoms with Crippen LogP contribution in [0.25, 0.3) is 22.4 Å². The highest BCUT2D eigenvalue weighted by Crippen LogP contribution is 2.54. The number of ether oxygens (including phenoxy) is 1. The Morgan fingerprint density at radius 1 is 1.03 bits per heavy atom. The average molecular weight is 464 g/mol. The Labute approximate surface area is 197 Å². The van der Waals surface area contributed by atoms with Crippen molar-refractivity contribution in [2.24, 2.45) is 0 Å². The third kappa shape index (κ3) is 4.36. The first kappa shape index (κ1) is 23.3. The number of carbonyl (C=O) groups excluding carboxylic acids is 1. The molecular formula is C27H33NO4Si. The zero-order chi connectivity index (χ0) is 23.9. The van der Waals surface area contributed by atoms with Crippen molar-refractivity contribution in [3.05, 3.63) is 60.4 Å². The molecule has 0 N–H and O–H groups in total. The van der Waals surface area contributed by atoms with Gasteiger partial charge in [-0.1, -0.05) is 56.3 Å². The van der Waals surface area contributed by atoms with Crippen LogP contribution in [0.1, 0.15) is 46.3 Å². The minimum Gasteiger partial charge on any atom is -0.544 e. The first-order chi connectivity index (χ1) is 15.6. The van der Waals surface area contributed by atoms with Crippen LogP contribution in [0.4, 0.5) is 0 Å². The van der Waals surface area contributed by atoms with Crippen LogP contribution >= 0.6 is 0 Å². The van der Waals surface area contributed by atoms with E-state index in [1.807, 2.05) is 61.5 Å². The first-order valence-corrected chi connectivity index (χ1v) is 14.5. The van der Waals surface area contributed by atoms with Crippen molar-refractivity contribution in [2.75, 3.05) is 6.61 Å². The zero-order valence-electron chi connectivity index (χ0n) is 20.4. The number of hydrogen-bond donors (Lipinski definition) is 0. The van der Waals surface area contributed by atoms with E-state index in [9.17, 15) is 4.79 Å². The van der Waals surface area contributed by atoms with E-state index in [1.165, 1.54) is 0 Å². The van der Waals surface area contributed by atoms with Crippen molar-refractivity contribution in [1.82, 2.24) is 5.16 Å². The molecule has 1 aromatic heterocycles. The van der Waals surface area contributed by atoms with Gasteiger partial charge in [0.25, 0.3) is 0 Å². The van der Waals surface area contributed by atoms with E-state index >= 15 is 0 Å². The van der Waals surface area contributed by atoms with Crippen LogP contribution in [0.15, 0.2) is 59.1 Å². The summed E-state index contributed by atoms with van der Waals surface area (Å²) in [4.78, 5) is 12.8. The summed E-state index contributed by atoms with van der Waals surface area (Å²) in [5.41, 5.74) is 2.74. The second kappa shape index (κ2) is 8.49. The summed E-state index contributed by atoms with van der Waals surface area (Å²) in [6, 6.07) is 18.0. The maximum absolute atomic E-state index is 12.8. The van der Waals surface area contributed by atoms with E-state index in [1.54, 1.807) is 0 Å². The standard InChI is InChI=1S/C27H33NO4Si/c1-7-30-25(29)27(17-18-27)24-22(19-11-9-8-10-12-19)23(28-31-24)20-13-15-21(16-14-20)32-33(5,6)26(2,3)4/h8-16H,7,17-18H2,1-6H3. The molecule has 2 aromatic carbocycles. The molecule has 0 spiro atoms. The summed E-state index contributed by atoms with van der Waals surface area (Å²) in [6.45, 7) is 13.3. The van der Waals surface area contributed by atoms with Gasteiger partial charge >= 0.3 is 5.97 Å². The maximum Gasteiger partial charge on any atom is 0.319 e. The lowest BCUT2D eigenvalue weighted by atomic mass is 9.92. The van der Waals surface area contributed by atoms with Crippen LogP contribution in [0.3, 0.4) is 0 Å². The smallest absolute Gasteiger partial charge is 0.319 e. The Bertz CT molecular complexity index is 1120. The highest BCUT2D eigenvalue weighted by molar-refractivity contribution is 6.74. The van der Waals surface area contributed by atoms with E-state index in [0.717, 1.165) is 28.1 Å². The van der Waals surface area contributed by atoms with Crippen LogP contribution in [0, 0.1) is 0 Å². The van der Waals surface area contributed by atoms with Gasteiger partial charge in [0.1, 0.15) is 16.9 Å². The lowest BCUT2D eigenvalue weighted by molar-refractivity contribution is -0.146. The molecule has 1 heterocycles. The highest BCUT2D eigenvalue weighted by atomic mass is 28.4. The molecule has 0 unspecified atom stereocenters. The predicted octanol–water partition coefficient (Wildman–Crippen LogP) is 6.99. The molecule has 0 atom stereocenters. The fourth-order valence-corrected chi connectivity index (χ4v) is 4.76. The minimum atomic E-state index is -1.92. The molecule has 33 heavy (non-hydrogen) atoms. The highest BCUT2D eigenvalue weighted by Gasteiger charge is 2.57. The van der Waals surface area contributed by atoms with Crippen molar-refractivity contribution in [3.8, 4) is 28.1 Å². The van der Waals surface area contributed by atoms with Crippen molar-refractivity contribution in [3.63, 3.8) is 0 Å². The van der Waals surface area contributed by atoms with Crippen molar-refractivity contribution in [1.29, 1.82) is 0 Å². The van der Waals surface area contributed by atoms with Gasteiger partial charge in [-0.2, -0.15) is 0 Å². The number of benzene rings is 2. The number of carbonyl (C=O) groups is 1. The van der Waals surface area contributed by atoms with Crippen molar-refractivity contribution < 1.29 is 18.5 Å². The van der Waals surface area contributed by atoms with Gasteiger partial charge in [-0.25, -0.2) is 0 Å². The lowest BCUT2D eigenvalue weighted by Gasteiger charge is -2.36. The minimum absolute atomic E-state index is 0.124. The van der Waals surface area contributed by atoms with E-state index in [-0.39, 0.29) is 11.0 Å². The zero-order valence-corrected chi connectivity index (χ0v) is 21.4. The van der Waals surface area contributed by atoms with Crippen LogP contribution in [0.2, 0.25) is 18.1 Å². The molecule has 5 nitrogen and oxygen atoms in total. The second-order valence-corrected chi connectivity index (χ2v) is 15.0. The van der Waals surface area contributed by atoms with E-state index in [2.05, 4.69) is 39.0 Å². The molecule has 1 aliphatic rings. The maximum atomic E-state index is 12.8. The molecule has 6 heteroatoms. The number of aromatic nitrogens is 1. The van der Waals surface area contributed by atoms with Crippen LogP contribution in [-0.4, -0.2) is 26.1 Å². The SMILES string of the molecule is CCOC(=O)C1(c2onc(-c3ccc(O[Si](C)(C)C(C)(C)C)cc3)c2-c2ccccc2)CC1.